The number of carbonyl (C=O) groups excluding carboxylic acids is 2. The number of fused-ring (bicyclic) bond motifs is 1. The van der Waals surface area contributed by atoms with Crippen molar-refractivity contribution in [2.45, 2.75) is 26.4 Å². The van der Waals surface area contributed by atoms with Crippen LogP contribution in [0.5, 0.6) is 0 Å². The number of hydrogen-bond donors (Lipinski definition) is 6. The number of aromatic nitrogens is 4. The number of urea groups is 1. The van der Waals surface area contributed by atoms with Gasteiger partial charge in [-0.05, 0) is 18.4 Å². The summed E-state index contributed by atoms with van der Waals surface area (Å²) in [5.41, 5.74) is 1.66. The molecule has 6 N–H and O–H groups in total. The molecule has 1 fully saturated rings. The second kappa shape index (κ2) is 10.3. The van der Waals surface area contributed by atoms with Gasteiger partial charge < -0.3 is 31.2 Å². The minimum Gasteiger partial charge on any atom is -0.361 e. The number of aromatic amines is 2. The van der Waals surface area contributed by atoms with Crippen molar-refractivity contribution in [3.8, 4) is 0 Å². The first-order valence-corrected chi connectivity index (χ1v) is 11.3. The lowest BCUT2D eigenvalue weighted by Gasteiger charge is -2.25. The van der Waals surface area contributed by atoms with E-state index in [1.807, 2.05) is 29.2 Å². The molecule has 1 saturated heterocycles. The zero-order valence-electron chi connectivity index (χ0n) is 18.9. The van der Waals surface area contributed by atoms with Crippen LogP contribution in [-0.2, 0) is 0 Å². The van der Waals surface area contributed by atoms with Crippen molar-refractivity contribution in [1.29, 1.82) is 0 Å². The van der Waals surface area contributed by atoms with E-state index in [4.69, 9.17) is 0 Å². The van der Waals surface area contributed by atoms with E-state index in [2.05, 4.69) is 55.3 Å². The summed E-state index contributed by atoms with van der Waals surface area (Å²) in [6, 6.07) is 7.36. The summed E-state index contributed by atoms with van der Waals surface area (Å²) in [5, 5.41) is 19.7. The standard InChI is InChI=1S/C22H31N9O2/c1-14(2)7-8-24-22(33)28-18(16-13-25-17-6-4-3-5-15(16)17)26-20(32)19-27-21(30-29-19)31-11-9-23-10-12-31/h3-6,13-14,18,23,25H,7-12H2,1-2H3,(H,26,32)(H2,24,28,33)(H,27,29,30). The number of para-hydroxylation sites is 1. The van der Waals surface area contributed by atoms with Gasteiger partial charge in [-0.3, -0.25) is 9.89 Å². The van der Waals surface area contributed by atoms with Crippen molar-refractivity contribution in [2.24, 2.45) is 5.92 Å². The lowest BCUT2D eigenvalue weighted by Crippen LogP contribution is -2.46. The summed E-state index contributed by atoms with van der Waals surface area (Å²) in [6.45, 7) is 7.97. The molecule has 1 aliphatic heterocycles. The van der Waals surface area contributed by atoms with E-state index >= 15 is 0 Å². The summed E-state index contributed by atoms with van der Waals surface area (Å²) in [7, 11) is 0. The van der Waals surface area contributed by atoms with Gasteiger partial charge in [-0.25, -0.2) is 4.79 Å². The Labute approximate surface area is 192 Å². The highest BCUT2D eigenvalue weighted by Crippen LogP contribution is 2.23. The number of H-pyrrole nitrogens is 2. The Hall–Kier alpha value is -3.60. The Morgan fingerprint density at radius 1 is 1.15 bits per heavy atom. The van der Waals surface area contributed by atoms with Crippen LogP contribution in [0.25, 0.3) is 10.9 Å². The van der Waals surface area contributed by atoms with Crippen LogP contribution in [0.3, 0.4) is 0 Å². The number of benzene rings is 1. The lowest BCUT2D eigenvalue weighted by atomic mass is 10.1. The van der Waals surface area contributed by atoms with Gasteiger partial charge in [0.2, 0.25) is 11.8 Å². The number of amides is 3. The van der Waals surface area contributed by atoms with Crippen LogP contribution in [0.1, 0.15) is 42.6 Å². The van der Waals surface area contributed by atoms with Gasteiger partial charge >= 0.3 is 6.03 Å². The van der Waals surface area contributed by atoms with Crippen LogP contribution in [0.4, 0.5) is 10.7 Å². The molecule has 1 atom stereocenters. The fraction of sp³-hybridized carbons (Fsp3) is 0.455. The van der Waals surface area contributed by atoms with Crippen molar-refractivity contribution in [1.82, 2.24) is 41.4 Å². The fourth-order valence-electron chi connectivity index (χ4n) is 3.74. The fourth-order valence-corrected chi connectivity index (χ4v) is 3.74. The monoisotopic (exact) mass is 453 g/mol. The SMILES string of the molecule is CC(C)CCNC(=O)NC(NC(=O)c1nc(N2CCNCC2)n[nH]1)c1c[nH]c2ccccc12. The molecule has 0 aliphatic carbocycles. The quantitative estimate of drug-likeness (QED) is 0.285. The van der Waals surface area contributed by atoms with Crippen LogP contribution >= 0.6 is 0 Å². The molecule has 3 aromatic rings. The van der Waals surface area contributed by atoms with Crippen molar-refractivity contribution in [3.63, 3.8) is 0 Å². The molecule has 3 heterocycles. The average molecular weight is 454 g/mol. The summed E-state index contributed by atoms with van der Waals surface area (Å²) in [6.07, 6.45) is 1.89. The minimum absolute atomic E-state index is 0.0930. The number of hydrogen-bond acceptors (Lipinski definition) is 6. The Morgan fingerprint density at radius 2 is 1.94 bits per heavy atom. The molecule has 33 heavy (non-hydrogen) atoms. The first kappa shape index (κ1) is 22.6. The van der Waals surface area contributed by atoms with Gasteiger partial charge in [0.1, 0.15) is 6.17 Å². The van der Waals surface area contributed by atoms with Crippen molar-refractivity contribution >= 4 is 28.8 Å². The molecule has 1 aliphatic rings. The van der Waals surface area contributed by atoms with E-state index in [1.54, 1.807) is 6.20 Å². The molecule has 3 amide bonds. The third-order valence-corrected chi connectivity index (χ3v) is 5.58. The molecule has 4 rings (SSSR count). The smallest absolute Gasteiger partial charge is 0.316 e. The first-order valence-electron chi connectivity index (χ1n) is 11.3. The van der Waals surface area contributed by atoms with Crippen molar-refractivity contribution in [2.75, 3.05) is 37.6 Å². The van der Waals surface area contributed by atoms with Gasteiger partial charge in [0, 0.05) is 55.4 Å². The van der Waals surface area contributed by atoms with Crippen molar-refractivity contribution < 1.29 is 9.59 Å². The second-order valence-corrected chi connectivity index (χ2v) is 8.50. The van der Waals surface area contributed by atoms with Crippen LogP contribution in [0.15, 0.2) is 30.5 Å². The highest BCUT2D eigenvalue weighted by molar-refractivity contribution is 5.92. The van der Waals surface area contributed by atoms with E-state index in [1.165, 1.54) is 0 Å². The number of rotatable bonds is 8. The maximum atomic E-state index is 13.0. The summed E-state index contributed by atoms with van der Waals surface area (Å²) >= 11 is 0. The summed E-state index contributed by atoms with van der Waals surface area (Å²) < 4.78 is 0. The van der Waals surface area contributed by atoms with E-state index in [9.17, 15) is 9.59 Å². The van der Waals surface area contributed by atoms with Gasteiger partial charge in [0.25, 0.3) is 5.91 Å². The Morgan fingerprint density at radius 3 is 2.73 bits per heavy atom. The lowest BCUT2D eigenvalue weighted by molar-refractivity contribution is 0.0922. The number of nitrogens with one attached hydrogen (secondary N) is 6. The van der Waals surface area contributed by atoms with E-state index in [0.29, 0.717) is 18.4 Å². The highest BCUT2D eigenvalue weighted by Gasteiger charge is 2.24. The molecule has 11 heteroatoms. The zero-order chi connectivity index (χ0) is 23.2. The van der Waals surface area contributed by atoms with E-state index < -0.39 is 12.1 Å². The van der Waals surface area contributed by atoms with Crippen LogP contribution < -0.4 is 26.2 Å². The van der Waals surface area contributed by atoms with Crippen molar-refractivity contribution in [3.05, 3.63) is 41.9 Å². The number of piperazine rings is 1. The van der Waals surface area contributed by atoms with E-state index in [0.717, 1.165) is 49.1 Å². The maximum Gasteiger partial charge on any atom is 0.316 e. The number of carbonyl (C=O) groups is 2. The van der Waals surface area contributed by atoms with Crippen LogP contribution in [0, 0.1) is 5.92 Å². The Balaban J connectivity index is 1.50. The minimum atomic E-state index is -0.763. The maximum absolute atomic E-state index is 13.0. The Bertz CT molecular complexity index is 1080. The molecular formula is C22H31N9O2. The molecule has 11 nitrogen and oxygen atoms in total. The normalized spacial score (nSPS) is 14.9. The third-order valence-electron chi connectivity index (χ3n) is 5.58. The first-order chi connectivity index (χ1) is 16.0. The summed E-state index contributed by atoms with van der Waals surface area (Å²) in [5.74, 6) is 0.604. The van der Waals surface area contributed by atoms with Gasteiger partial charge in [-0.15, -0.1) is 5.10 Å². The van der Waals surface area contributed by atoms with Gasteiger partial charge in [-0.1, -0.05) is 32.0 Å². The molecule has 176 valence electrons. The van der Waals surface area contributed by atoms with Crippen LogP contribution in [-0.4, -0.2) is 64.8 Å². The number of anilines is 1. The van der Waals surface area contributed by atoms with Gasteiger partial charge in [0.05, 0.1) is 0 Å². The molecule has 0 spiro atoms. The molecule has 2 aromatic heterocycles. The highest BCUT2D eigenvalue weighted by atomic mass is 16.2. The largest absolute Gasteiger partial charge is 0.361 e. The predicted octanol–water partition coefficient (Wildman–Crippen LogP) is 1.47. The molecular weight excluding hydrogens is 422 g/mol. The molecule has 1 aromatic carbocycles. The zero-order valence-corrected chi connectivity index (χ0v) is 18.9. The summed E-state index contributed by atoms with van der Waals surface area (Å²) in [4.78, 5) is 35.1. The van der Waals surface area contributed by atoms with Gasteiger partial charge in [0.15, 0.2) is 0 Å². The predicted molar refractivity (Wildman–Crippen MR) is 126 cm³/mol. The third kappa shape index (κ3) is 5.61. The Kier molecular flexibility index (Phi) is 7.08. The second-order valence-electron chi connectivity index (χ2n) is 8.50. The molecule has 0 bridgehead atoms. The van der Waals surface area contributed by atoms with Gasteiger partial charge in [-0.2, -0.15) is 4.98 Å². The van der Waals surface area contributed by atoms with E-state index in [-0.39, 0.29) is 11.9 Å². The average Bonchev–Trinajstić information content (AvgIpc) is 3.47. The number of nitrogens with zero attached hydrogens (tertiary/aromatic N) is 3. The topological polar surface area (TPSA) is 143 Å². The molecule has 0 saturated carbocycles. The molecule has 1 unspecified atom stereocenters. The van der Waals surface area contributed by atoms with Crippen LogP contribution in [0.2, 0.25) is 0 Å². The molecule has 0 radical (unpaired) electrons.